The van der Waals surface area contributed by atoms with Gasteiger partial charge in [-0.15, -0.1) is 0 Å². The summed E-state index contributed by atoms with van der Waals surface area (Å²) in [6.07, 6.45) is -0.444. The number of hydrogen-bond donors (Lipinski definition) is 2. The number of methoxy groups -OCH3 is 1. The van der Waals surface area contributed by atoms with Crippen molar-refractivity contribution in [1.29, 1.82) is 0 Å². The highest BCUT2D eigenvalue weighted by atomic mass is 16.5. The summed E-state index contributed by atoms with van der Waals surface area (Å²) in [7, 11) is 3.49. The molecule has 1 unspecified atom stereocenters. The maximum atomic E-state index is 9.38. The fraction of sp³-hybridized carbons (Fsp3) is 0.778. The lowest BCUT2D eigenvalue weighted by atomic mass is 10.2. The van der Waals surface area contributed by atoms with Crippen LogP contribution in [0.15, 0.2) is 12.2 Å². The van der Waals surface area contributed by atoms with Crippen molar-refractivity contribution in [3.05, 3.63) is 12.2 Å². The van der Waals surface area contributed by atoms with Crippen LogP contribution in [0.5, 0.6) is 0 Å². The Bertz CT molecular complexity index is 151. The highest BCUT2D eigenvalue weighted by Crippen LogP contribution is 1.94. The van der Waals surface area contributed by atoms with E-state index in [4.69, 9.17) is 10.5 Å². The molecule has 3 N–H and O–H groups in total. The van der Waals surface area contributed by atoms with E-state index >= 15 is 0 Å². The third kappa shape index (κ3) is 6.72. The summed E-state index contributed by atoms with van der Waals surface area (Å²) >= 11 is 0. The highest BCUT2D eigenvalue weighted by molar-refractivity contribution is 4.98. The first kappa shape index (κ1) is 12.6. The molecule has 0 saturated heterocycles. The summed E-state index contributed by atoms with van der Waals surface area (Å²) in [6.45, 7) is 5.93. The number of aliphatic hydroxyl groups is 1. The summed E-state index contributed by atoms with van der Waals surface area (Å²) in [6, 6.07) is 0. The maximum absolute atomic E-state index is 9.38. The van der Waals surface area contributed by atoms with Crippen LogP contribution in [0.1, 0.15) is 0 Å². The van der Waals surface area contributed by atoms with E-state index in [1.165, 1.54) is 0 Å². The van der Waals surface area contributed by atoms with E-state index in [0.29, 0.717) is 19.7 Å². The van der Waals surface area contributed by atoms with Crippen molar-refractivity contribution in [1.82, 2.24) is 4.90 Å². The number of likely N-dealkylation sites (N-methyl/N-ethyl adjacent to an activating group) is 1. The number of aliphatic hydroxyl groups excluding tert-OH is 1. The van der Waals surface area contributed by atoms with E-state index in [0.717, 1.165) is 12.1 Å². The van der Waals surface area contributed by atoms with Gasteiger partial charge in [0.1, 0.15) is 0 Å². The van der Waals surface area contributed by atoms with E-state index in [9.17, 15) is 5.11 Å². The predicted molar refractivity (Wildman–Crippen MR) is 53.6 cm³/mol. The quantitative estimate of drug-likeness (QED) is 0.526. The van der Waals surface area contributed by atoms with Crippen molar-refractivity contribution >= 4 is 0 Å². The third-order valence-corrected chi connectivity index (χ3v) is 1.66. The molecule has 0 spiro atoms. The molecule has 0 aromatic heterocycles. The SMILES string of the molecule is C=C(CN)CN(C)CC(O)COC. The highest BCUT2D eigenvalue weighted by Gasteiger charge is 2.07. The zero-order valence-corrected chi connectivity index (χ0v) is 8.49. The molecule has 0 bridgehead atoms. The van der Waals surface area contributed by atoms with Crippen LogP contribution in [0, 0.1) is 0 Å². The van der Waals surface area contributed by atoms with Gasteiger partial charge in [0.15, 0.2) is 0 Å². The summed E-state index contributed by atoms with van der Waals surface area (Å²) in [5.41, 5.74) is 6.36. The normalized spacial score (nSPS) is 13.3. The summed E-state index contributed by atoms with van der Waals surface area (Å²) < 4.78 is 4.81. The van der Waals surface area contributed by atoms with Gasteiger partial charge in [0.2, 0.25) is 0 Å². The third-order valence-electron chi connectivity index (χ3n) is 1.66. The van der Waals surface area contributed by atoms with E-state index in [-0.39, 0.29) is 0 Å². The Morgan fingerprint density at radius 3 is 2.77 bits per heavy atom. The van der Waals surface area contributed by atoms with Gasteiger partial charge in [-0.1, -0.05) is 6.58 Å². The topological polar surface area (TPSA) is 58.7 Å². The summed E-state index contributed by atoms with van der Waals surface area (Å²) in [5, 5.41) is 9.38. The fourth-order valence-electron chi connectivity index (χ4n) is 1.12. The molecule has 13 heavy (non-hydrogen) atoms. The van der Waals surface area contributed by atoms with Crippen molar-refractivity contribution < 1.29 is 9.84 Å². The molecule has 1 atom stereocenters. The molecule has 0 aliphatic carbocycles. The first-order chi connectivity index (χ1) is 6.10. The van der Waals surface area contributed by atoms with Gasteiger partial charge in [0, 0.05) is 26.7 Å². The molecule has 0 amide bonds. The van der Waals surface area contributed by atoms with Crippen LogP contribution in [0.3, 0.4) is 0 Å². The van der Waals surface area contributed by atoms with Gasteiger partial charge >= 0.3 is 0 Å². The van der Waals surface area contributed by atoms with Crippen LogP contribution in [0.4, 0.5) is 0 Å². The van der Waals surface area contributed by atoms with Crippen LogP contribution in [0.25, 0.3) is 0 Å². The first-order valence-electron chi connectivity index (χ1n) is 4.32. The summed E-state index contributed by atoms with van der Waals surface area (Å²) in [5.74, 6) is 0. The Kier molecular flexibility index (Phi) is 6.80. The number of ether oxygens (including phenoxy) is 1. The molecule has 4 heteroatoms. The minimum atomic E-state index is -0.444. The number of rotatable bonds is 7. The number of nitrogens with zero attached hydrogens (tertiary/aromatic N) is 1. The van der Waals surface area contributed by atoms with Crippen molar-refractivity contribution in [3.63, 3.8) is 0 Å². The molecule has 0 aliphatic rings. The second-order valence-corrected chi connectivity index (χ2v) is 3.26. The molecule has 0 aliphatic heterocycles. The molecule has 0 aromatic rings. The molecule has 0 radical (unpaired) electrons. The minimum absolute atomic E-state index is 0.361. The van der Waals surface area contributed by atoms with Gasteiger partial charge in [0.05, 0.1) is 12.7 Å². The lowest BCUT2D eigenvalue weighted by Crippen LogP contribution is -2.33. The van der Waals surface area contributed by atoms with Gasteiger partial charge in [0.25, 0.3) is 0 Å². The Morgan fingerprint density at radius 1 is 1.69 bits per heavy atom. The second kappa shape index (κ2) is 7.03. The molecule has 0 saturated carbocycles. The van der Waals surface area contributed by atoms with Crippen LogP contribution >= 0.6 is 0 Å². The molecule has 0 rings (SSSR count). The van der Waals surface area contributed by atoms with Gasteiger partial charge in [-0.3, -0.25) is 4.90 Å². The lowest BCUT2D eigenvalue weighted by Gasteiger charge is -2.20. The zero-order chi connectivity index (χ0) is 10.3. The largest absolute Gasteiger partial charge is 0.389 e. The van der Waals surface area contributed by atoms with Gasteiger partial charge < -0.3 is 15.6 Å². The van der Waals surface area contributed by atoms with Gasteiger partial charge in [-0.05, 0) is 12.6 Å². The lowest BCUT2D eigenvalue weighted by molar-refractivity contribution is 0.0450. The average molecular weight is 188 g/mol. The second-order valence-electron chi connectivity index (χ2n) is 3.26. The van der Waals surface area contributed by atoms with E-state index < -0.39 is 6.10 Å². The standard InChI is InChI=1S/C9H20N2O2/c1-8(4-10)5-11(2)6-9(12)7-13-3/h9,12H,1,4-7,10H2,2-3H3. The Morgan fingerprint density at radius 2 is 2.31 bits per heavy atom. The molecule has 4 nitrogen and oxygen atoms in total. The predicted octanol–water partition coefficient (Wildman–Crippen LogP) is -0.560. The van der Waals surface area contributed by atoms with Crippen LogP contribution in [0.2, 0.25) is 0 Å². The van der Waals surface area contributed by atoms with Crippen LogP contribution in [-0.4, -0.2) is 56.5 Å². The number of nitrogens with two attached hydrogens (primary N) is 1. The Balaban J connectivity index is 3.60. The van der Waals surface area contributed by atoms with E-state index in [2.05, 4.69) is 6.58 Å². The van der Waals surface area contributed by atoms with Crippen LogP contribution in [-0.2, 0) is 4.74 Å². The smallest absolute Gasteiger partial charge is 0.0900 e. The Labute approximate surface area is 80.0 Å². The molecule has 0 aromatic carbocycles. The molecule has 0 fully saturated rings. The number of hydrogen-bond acceptors (Lipinski definition) is 4. The minimum Gasteiger partial charge on any atom is -0.389 e. The first-order valence-corrected chi connectivity index (χ1v) is 4.32. The monoisotopic (exact) mass is 188 g/mol. The fourth-order valence-corrected chi connectivity index (χ4v) is 1.12. The van der Waals surface area contributed by atoms with Gasteiger partial charge in [-0.2, -0.15) is 0 Å². The van der Waals surface area contributed by atoms with E-state index in [1.54, 1.807) is 7.11 Å². The van der Waals surface area contributed by atoms with Crippen molar-refractivity contribution in [2.45, 2.75) is 6.10 Å². The summed E-state index contributed by atoms with van der Waals surface area (Å²) in [4.78, 5) is 1.97. The van der Waals surface area contributed by atoms with Gasteiger partial charge in [-0.25, -0.2) is 0 Å². The maximum Gasteiger partial charge on any atom is 0.0900 e. The Hall–Kier alpha value is -0.420. The van der Waals surface area contributed by atoms with Crippen molar-refractivity contribution in [2.24, 2.45) is 5.73 Å². The van der Waals surface area contributed by atoms with Crippen molar-refractivity contribution in [3.8, 4) is 0 Å². The molecule has 0 heterocycles. The van der Waals surface area contributed by atoms with E-state index in [1.807, 2.05) is 11.9 Å². The molecule has 78 valence electrons. The average Bonchev–Trinajstić information content (AvgIpc) is 2.04. The molecular formula is C9H20N2O2. The van der Waals surface area contributed by atoms with Crippen molar-refractivity contribution in [2.75, 3.05) is 40.4 Å². The van der Waals surface area contributed by atoms with Crippen LogP contribution < -0.4 is 5.73 Å². The molecular weight excluding hydrogens is 168 g/mol. The zero-order valence-electron chi connectivity index (χ0n) is 8.49.